The van der Waals surface area contributed by atoms with Crippen molar-refractivity contribution in [2.45, 2.75) is 50.3 Å². The van der Waals surface area contributed by atoms with Crippen LogP contribution < -0.4 is 0 Å². The van der Waals surface area contributed by atoms with Gasteiger partial charge in [-0.15, -0.1) is 0 Å². The molecular formula is C32H76Co13O34. The molecule has 79 heavy (non-hydrogen) atoms. The zero-order valence-corrected chi connectivity index (χ0v) is 51.9. The van der Waals surface area contributed by atoms with E-state index in [1.807, 2.05) is 0 Å². The Labute approximate surface area is 584 Å². The minimum atomic E-state index is -1.68. The van der Waals surface area contributed by atoms with E-state index in [2.05, 4.69) is 0 Å². The van der Waals surface area contributed by atoms with Gasteiger partial charge in [0.25, 0.3) is 0 Å². The molecule has 0 heterocycles. The molecule has 0 bridgehead atoms. The molecule has 0 spiro atoms. The van der Waals surface area contributed by atoms with Gasteiger partial charge in [0.05, 0.1) is 0 Å². The number of rotatable bonds is 8. The number of aliphatic hydroxyl groups is 16. The Morgan fingerprint density at radius 2 is 0.190 bits per heavy atom. The van der Waals surface area contributed by atoms with Crippen LogP contribution in [0.15, 0.2) is 97.1 Å². The molecule has 0 atom stereocenters. The Kier molecular flexibility index (Phi) is 301. The van der Waals surface area contributed by atoms with Gasteiger partial charge < -0.3 is 180 Å². The third-order valence-electron chi connectivity index (χ3n) is 6.21. The van der Waals surface area contributed by atoms with Crippen LogP contribution >= 0.6 is 0 Å². The molecule has 0 unspecified atom stereocenters. The second-order valence-electron chi connectivity index (χ2n) is 9.51. The topological polar surface area (TPSA) is 891 Å². The van der Waals surface area contributed by atoms with Crippen LogP contribution in [0.25, 0.3) is 0 Å². The molecule has 4 rings (SSSR count). The van der Waals surface area contributed by atoms with Crippen LogP contribution in [-0.4, -0.2) is 180 Å². The van der Waals surface area contributed by atoms with Gasteiger partial charge in [0.1, 0.15) is 0 Å². The van der Waals surface area contributed by atoms with Crippen molar-refractivity contribution in [1.29, 1.82) is 0 Å². The van der Waals surface area contributed by atoms with Crippen molar-refractivity contribution in [1.82, 2.24) is 0 Å². The monoisotopic (exact) mass is 1770 g/mol. The van der Waals surface area contributed by atoms with Gasteiger partial charge in [-0.25, -0.2) is 0 Å². The van der Waals surface area contributed by atoms with Crippen molar-refractivity contribution in [3.05, 3.63) is 142 Å². The summed E-state index contributed by atoms with van der Waals surface area (Å²) in [6, 6.07) is 24.0. The third kappa shape index (κ3) is 80.1. The molecule has 0 saturated heterocycles. The fourth-order valence-electron chi connectivity index (χ4n) is 3.92. The number of aliphatic hydroxyl groups excluding tert-OH is 8. The van der Waals surface area contributed by atoms with E-state index in [9.17, 15) is 0 Å². The molecule has 4 aromatic rings. The molecule has 47 heteroatoms. The fraction of sp³-hybridized carbons (Fsp3) is 0.250. The summed E-state index contributed by atoms with van der Waals surface area (Å²) in [5.41, 5.74) is 0.833. The first kappa shape index (κ1) is 207. The Morgan fingerprint density at radius 1 is 0.139 bits per heavy atom. The summed E-state index contributed by atoms with van der Waals surface area (Å²) in [4.78, 5) is 0. The summed E-state index contributed by atoms with van der Waals surface area (Å²) in [7, 11) is 0. The van der Waals surface area contributed by atoms with Crippen LogP contribution in [0.4, 0.5) is 0 Å². The minimum absolute atomic E-state index is 0. The second-order valence-corrected chi connectivity index (χ2v) is 9.51. The van der Waals surface area contributed by atoms with Crippen LogP contribution in [0.1, 0.15) is 94.8 Å². The molecule has 0 aromatic heterocycles. The largest absolute Gasteiger partial charge is 0.412 e. The first-order valence-corrected chi connectivity index (χ1v) is 13.7. The van der Waals surface area contributed by atoms with Gasteiger partial charge in [-0.2, -0.15) is 0 Å². The third-order valence-corrected chi connectivity index (χ3v) is 6.21. The van der Waals surface area contributed by atoms with Gasteiger partial charge in [0.15, 0.2) is 50.3 Å². The molecule has 0 amide bonds. The van der Waals surface area contributed by atoms with E-state index in [-0.39, 0.29) is 361 Å². The smallest absolute Gasteiger partial charge is 0.178 e. The summed E-state index contributed by atoms with van der Waals surface area (Å²) in [5, 5.41) is 141. The second kappa shape index (κ2) is 115. The summed E-state index contributed by atoms with van der Waals surface area (Å²) in [5.74, 6) is 0. The van der Waals surface area contributed by atoms with Gasteiger partial charge in [0, 0.05) is 263 Å². The van der Waals surface area contributed by atoms with Gasteiger partial charge in [-0.1, -0.05) is 97.1 Å². The molecular weight excluding hydrogens is 1690 g/mol. The summed E-state index contributed by atoms with van der Waals surface area (Å²) in [6.45, 7) is 0. The Bertz CT molecular complexity index is 1210. The van der Waals surface area contributed by atoms with Gasteiger partial charge in [-0.05, 0) is 0 Å². The first-order chi connectivity index (χ1) is 22.5. The Hall–Kier alpha value is 2.10. The standard InChI is InChI=1S/4C8H10O4.13Co.18H2O/c4*9-7(10)5-3-1-2-4-6(5)8(11)12;;;;;;;;;;;;;;;;;;;;;;;;;;;;;;;/h4*1-4,7-12H;;;;;;;;;;;;;;18*1H2. The van der Waals surface area contributed by atoms with E-state index in [1.165, 1.54) is 48.5 Å². The zero-order chi connectivity index (χ0) is 36.6. The molecule has 0 saturated carbocycles. The van der Waals surface area contributed by atoms with Crippen molar-refractivity contribution in [3.63, 3.8) is 0 Å². The molecule has 34 nitrogen and oxygen atoms in total. The van der Waals surface area contributed by atoms with E-state index in [0.717, 1.165) is 0 Å². The number of hydrogen-bond donors (Lipinski definition) is 16. The van der Waals surface area contributed by atoms with E-state index in [1.54, 1.807) is 48.5 Å². The van der Waals surface area contributed by atoms with Crippen LogP contribution in [0.5, 0.6) is 0 Å². The molecule has 0 aliphatic carbocycles. The van der Waals surface area contributed by atoms with E-state index < -0.39 is 50.3 Å². The maximum Gasteiger partial charge on any atom is 0.178 e. The van der Waals surface area contributed by atoms with Crippen LogP contribution in [0.3, 0.4) is 0 Å². The normalized spacial score (nSPS) is 6.78. The van der Waals surface area contributed by atoms with Gasteiger partial charge in [-0.3, -0.25) is 0 Å². The number of hydrogen-bond acceptors (Lipinski definition) is 16. The molecule has 52 N–H and O–H groups in total. The van der Waals surface area contributed by atoms with Gasteiger partial charge >= 0.3 is 0 Å². The molecule has 0 fully saturated rings. The summed E-state index contributed by atoms with van der Waals surface area (Å²) in [6.07, 6.45) is -13.4. The van der Waals surface area contributed by atoms with E-state index in [4.69, 9.17) is 81.7 Å². The predicted molar refractivity (Wildman–Crippen MR) is 228 cm³/mol. The number of benzene rings is 4. The molecule has 0 aliphatic heterocycles. The molecule has 4 aromatic carbocycles. The Morgan fingerprint density at radius 3 is 0.228 bits per heavy atom. The molecule has 525 valence electrons. The minimum Gasteiger partial charge on any atom is -0.412 e. The van der Waals surface area contributed by atoms with Gasteiger partial charge in [0.2, 0.25) is 0 Å². The van der Waals surface area contributed by atoms with Crippen molar-refractivity contribution in [2.24, 2.45) is 0 Å². The van der Waals surface area contributed by atoms with Crippen LogP contribution in [-0.2, 0) is 218 Å². The first-order valence-electron chi connectivity index (χ1n) is 13.7. The average Bonchev–Trinajstić information content (AvgIpc) is 3.05. The average molecular weight is 1770 g/mol. The fourth-order valence-corrected chi connectivity index (χ4v) is 3.92. The Balaban J connectivity index is -0.0000000119. The van der Waals surface area contributed by atoms with Crippen molar-refractivity contribution >= 4 is 0 Å². The molecule has 13 radical (unpaired) electrons. The van der Waals surface area contributed by atoms with Crippen LogP contribution in [0.2, 0.25) is 0 Å². The predicted octanol–water partition coefficient (Wildman–Crippen LogP) is -16.3. The maximum absolute atomic E-state index is 8.79. The van der Waals surface area contributed by atoms with Crippen molar-refractivity contribution in [3.8, 4) is 0 Å². The zero-order valence-electron chi connectivity index (χ0n) is 38.3. The summed E-state index contributed by atoms with van der Waals surface area (Å²) < 4.78 is 0. The molecule has 0 aliphatic rings. The quantitative estimate of drug-likeness (QED) is 0.0729. The van der Waals surface area contributed by atoms with E-state index in [0.29, 0.717) is 0 Å². The SMILES string of the molecule is O.O.O.O.O.O.O.O.O.O.O.O.O.O.O.O.O.O.OC(O)c1ccccc1C(O)O.OC(O)c1ccccc1C(O)O.OC(O)c1ccccc1C(O)O.OC(O)c1ccccc1C(O)O.[Co].[Co].[Co].[Co].[Co].[Co].[Co].[Co].[Co].[Co].[Co].[Co].[Co]. The van der Waals surface area contributed by atoms with E-state index >= 15 is 0 Å². The van der Waals surface area contributed by atoms with Crippen LogP contribution in [0, 0.1) is 0 Å². The summed E-state index contributed by atoms with van der Waals surface area (Å²) >= 11 is 0. The maximum atomic E-state index is 8.79. The van der Waals surface area contributed by atoms with Crippen molar-refractivity contribution < 1.29 is 398 Å². The van der Waals surface area contributed by atoms with Crippen molar-refractivity contribution in [2.75, 3.05) is 0 Å².